The summed E-state index contributed by atoms with van der Waals surface area (Å²) in [6.07, 6.45) is 6.40. The first-order chi connectivity index (χ1) is 5.88. The third-order valence-corrected chi connectivity index (χ3v) is 2.12. The molecule has 0 aliphatic heterocycles. The zero-order valence-corrected chi connectivity index (χ0v) is 7.36. The number of ether oxygens (including phenoxy) is 1. The Morgan fingerprint density at radius 3 is 3.08 bits per heavy atom. The molecule has 0 unspecified atom stereocenters. The average Bonchev–Trinajstić information content (AvgIpc) is 2.81. The smallest absolute Gasteiger partial charge is 0.157 e. The first-order valence-electron chi connectivity index (χ1n) is 4.53. The molecule has 3 heteroatoms. The third-order valence-electron chi connectivity index (χ3n) is 2.12. The van der Waals surface area contributed by atoms with Crippen LogP contribution in [0.3, 0.4) is 0 Å². The number of rotatable bonds is 4. The Morgan fingerprint density at radius 1 is 1.67 bits per heavy atom. The second-order valence-corrected chi connectivity index (χ2v) is 3.29. The molecule has 1 saturated carbocycles. The number of hydrogen-bond acceptors (Lipinski definition) is 2. The molecule has 0 radical (unpaired) electrons. The van der Waals surface area contributed by atoms with Crippen molar-refractivity contribution >= 4 is 0 Å². The molecular weight excluding hydrogens is 152 g/mol. The van der Waals surface area contributed by atoms with Crippen LogP contribution in [0.2, 0.25) is 0 Å². The molecule has 1 aliphatic carbocycles. The van der Waals surface area contributed by atoms with Gasteiger partial charge in [-0.15, -0.1) is 0 Å². The van der Waals surface area contributed by atoms with Gasteiger partial charge in [-0.1, -0.05) is 0 Å². The average molecular weight is 166 g/mol. The highest BCUT2D eigenvalue weighted by molar-refractivity contribution is 5.11. The van der Waals surface area contributed by atoms with Crippen molar-refractivity contribution in [3.8, 4) is 5.75 Å². The van der Waals surface area contributed by atoms with Gasteiger partial charge < -0.3 is 4.74 Å². The van der Waals surface area contributed by atoms with Crippen molar-refractivity contribution in [2.45, 2.75) is 26.3 Å². The van der Waals surface area contributed by atoms with Crippen LogP contribution in [0.15, 0.2) is 12.4 Å². The van der Waals surface area contributed by atoms with Crippen molar-refractivity contribution in [3.05, 3.63) is 12.4 Å². The van der Waals surface area contributed by atoms with Crippen molar-refractivity contribution in [1.82, 2.24) is 9.78 Å². The molecule has 2 rings (SSSR count). The molecule has 12 heavy (non-hydrogen) atoms. The van der Waals surface area contributed by atoms with Crippen LogP contribution in [-0.2, 0) is 6.54 Å². The summed E-state index contributed by atoms with van der Waals surface area (Å²) in [4.78, 5) is 0. The molecule has 1 heterocycles. The van der Waals surface area contributed by atoms with Crippen LogP contribution < -0.4 is 4.74 Å². The highest BCUT2D eigenvalue weighted by atomic mass is 16.5. The van der Waals surface area contributed by atoms with Gasteiger partial charge in [0.05, 0.1) is 19.0 Å². The molecule has 0 spiro atoms. The molecule has 0 aromatic carbocycles. The maximum Gasteiger partial charge on any atom is 0.157 e. The van der Waals surface area contributed by atoms with Crippen molar-refractivity contribution in [3.63, 3.8) is 0 Å². The van der Waals surface area contributed by atoms with E-state index in [0.29, 0.717) is 0 Å². The van der Waals surface area contributed by atoms with Gasteiger partial charge >= 0.3 is 0 Å². The van der Waals surface area contributed by atoms with Crippen LogP contribution in [0.5, 0.6) is 5.75 Å². The molecule has 0 N–H and O–H groups in total. The van der Waals surface area contributed by atoms with E-state index in [4.69, 9.17) is 4.74 Å². The van der Waals surface area contributed by atoms with Crippen molar-refractivity contribution in [1.29, 1.82) is 0 Å². The fraction of sp³-hybridized carbons (Fsp3) is 0.667. The summed E-state index contributed by atoms with van der Waals surface area (Å²) in [6.45, 7) is 3.85. The molecule has 3 nitrogen and oxygen atoms in total. The molecule has 1 aromatic heterocycles. The lowest BCUT2D eigenvalue weighted by Gasteiger charge is -1.99. The largest absolute Gasteiger partial charge is 0.490 e. The van der Waals surface area contributed by atoms with E-state index in [2.05, 4.69) is 12.0 Å². The Hall–Kier alpha value is -0.990. The van der Waals surface area contributed by atoms with E-state index in [1.54, 1.807) is 6.20 Å². The fourth-order valence-electron chi connectivity index (χ4n) is 1.09. The van der Waals surface area contributed by atoms with E-state index < -0.39 is 0 Å². The summed E-state index contributed by atoms with van der Waals surface area (Å²) < 4.78 is 7.41. The first-order valence-corrected chi connectivity index (χ1v) is 4.53. The summed E-state index contributed by atoms with van der Waals surface area (Å²) in [5, 5.41) is 4.12. The number of aromatic nitrogens is 2. The van der Waals surface area contributed by atoms with Gasteiger partial charge in [0.1, 0.15) is 0 Å². The standard InChI is InChI=1S/C9H14N2O/c1-2-11-6-9(5-10-11)12-7-8-3-4-8/h5-6,8H,2-4,7H2,1H3. The van der Waals surface area contributed by atoms with Crippen LogP contribution in [0.4, 0.5) is 0 Å². The van der Waals surface area contributed by atoms with Crippen LogP contribution in [0.25, 0.3) is 0 Å². The maximum atomic E-state index is 5.53. The lowest BCUT2D eigenvalue weighted by Crippen LogP contribution is -1.98. The predicted molar refractivity (Wildman–Crippen MR) is 46.1 cm³/mol. The van der Waals surface area contributed by atoms with E-state index in [9.17, 15) is 0 Å². The molecule has 0 bridgehead atoms. The van der Waals surface area contributed by atoms with Gasteiger partial charge in [0.15, 0.2) is 5.75 Å². The Balaban J connectivity index is 1.84. The van der Waals surface area contributed by atoms with Gasteiger partial charge in [-0.25, -0.2) is 0 Å². The summed E-state index contributed by atoms with van der Waals surface area (Å²) >= 11 is 0. The van der Waals surface area contributed by atoms with Crippen LogP contribution >= 0.6 is 0 Å². The molecular formula is C9H14N2O. The van der Waals surface area contributed by atoms with Crippen molar-refractivity contribution in [2.24, 2.45) is 5.92 Å². The van der Waals surface area contributed by atoms with Crippen LogP contribution in [0, 0.1) is 5.92 Å². The van der Waals surface area contributed by atoms with Gasteiger partial charge in [0, 0.05) is 6.54 Å². The van der Waals surface area contributed by atoms with Gasteiger partial charge in [-0.2, -0.15) is 5.10 Å². The molecule has 1 aliphatic rings. The lowest BCUT2D eigenvalue weighted by molar-refractivity contribution is 0.299. The molecule has 0 atom stereocenters. The third kappa shape index (κ3) is 1.78. The fourth-order valence-corrected chi connectivity index (χ4v) is 1.09. The molecule has 1 fully saturated rings. The van der Waals surface area contributed by atoms with E-state index in [1.165, 1.54) is 12.8 Å². The predicted octanol–water partition coefficient (Wildman–Crippen LogP) is 1.69. The van der Waals surface area contributed by atoms with Gasteiger partial charge in [-0.3, -0.25) is 4.68 Å². The summed E-state index contributed by atoms with van der Waals surface area (Å²) in [6, 6.07) is 0. The second kappa shape index (κ2) is 3.17. The quantitative estimate of drug-likeness (QED) is 0.680. The zero-order chi connectivity index (χ0) is 8.39. The second-order valence-electron chi connectivity index (χ2n) is 3.29. The van der Waals surface area contributed by atoms with E-state index in [0.717, 1.165) is 24.8 Å². The minimum Gasteiger partial charge on any atom is -0.490 e. The molecule has 0 amide bonds. The number of nitrogens with zero attached hydrogens (tertiary/aromatic N) is 2. The Labute approximate surface area is 72.3 Å². The number of hydrogen-bond donors (Lipinski definition) is 0. The van der Waals surface area contributed by atoms with E-state index in [1.807, 2.05) is 10.9 Å². The first kappa shape index (κ1) is 7.65. The minimum atomic E-state index is 0.815. The van der Waals surface area contributed by atoms with Crippen LogP contribution in [0.1, 0.15) is 19.8 Å². The summed E-state index contributed by atoms with van der Waals surface area (Å²) in [5.74, 6) is 1.72. The molecule has 66 valence electrons. The summed E-state index contributed by atoms with van der Waals surface area (Å²) in [5.41, 5.74) is 0. The van der Waals surface area contributed by atoms with Crippen molar-refractivity contribution < 1.29 is 4.74 Å². The SMILES string of the molecule is CCn1cc(OCC2CC2)cn1. The normalized spacial score (nSPS) is 16.4. The molecule has 1 aromatic rings. The Morgan fingerprint density at radius 2 is 2.50 bits per heavy atom. The monoisotopic (exact) mass is 166 g/mol. The highest BCUT2D eigenvalue weighted by Crippen LogP contribution is 2.29. The van der Waals surface area contributed by atoms with Gasteiger partial charge in [0.2, 0.25) is 0 Å². The lowest BCUT2D eigenvalue weighted by atomic mass is 10.5. The number of aryl methyl sites for hydroxylation is 1. The minimum absolute atomic E-state index is 0.815. The van der Waals surface area contributed by atoms with Crippen LogP contribution in [-0.4, -0.2) is 16.4 Å². The van der Waals surface area contributed by atoms with Gasteiger partial charge in [0.25, 0.3) is 0 Å². The summed E-state index contributed by atoms with van der Waals surface area (Å²) in [7, 11) is 0. The van der Waals surface area contributed by atoms with Gasteiger partial charge in [-0.05, 0) is 25.7 Å². The van der Waals surface area contributed by atoms with E-state index >= 15 is 0 Å². The van der Waals surface area contributed by atoms with Crippen molar-refractivity contribution in [2.75, 3.05) is 6.61 Å². The topological polar surface area (TPSA) is 27.1 Å². The highest BCUT2D eigenvalue weighted by Gasteiger charge is 2.21. The maximum absolute atomic E-state index is 5.53. The zero-order valence-electron chi connectivity index (χ0n) is 7.36. The Bertz CT molecular complexity index is 253. The van der Waals surface area contributed by atoms with E-state index in [-0.39, 0.29) is 0 Å². The Kier molecular flexibility index (Phi) is 2.02. The molecule has 0 saturated heterocycles.